The van der Waals surface area contributed by atoms with Crippen LogP contribution in [0.2, 0.25) is 0 Å². The smallest absolute Gasteiger partial charge is 0.134 e. The van der Waals surface area contributed by atoms with Gasteiger partial charge < -0.3 is 5.32 Å². The summed E-state index contributed by atoms with van der Waals surface area (Å²) in [4.78, 5) is 15.3. The van der Waals surface area contributed by atoms with Crippen LogP contribution < -0.4 is 15.9 Å². The van der Waals surface area contributed by atoms with Crippen molar-refractivity contribution < 1.29 is 0 Å². The number of pyridine rings is 1. The van der Waals surface area contributed by atoms with Crippen molar-refractivity contribution in [3.63, 3.8) is 0 Å². The van der Waals surface area contributed by atoms with Crippen LogP contribution in [0.5, 0.6) is 0 Å². The molecule has 3 aliphatic rings. The molecule has 0 spiro atoms. The van der Waals surface area contributed by atoms with E-state index >= 15 is 0 Å². The summed E-state index contributed by atoms with van der Waals surface area (Å²) in [7, 11) is 0. The fourth-order valence-electron chi connectivity index (χ4n) is 9.04. The van der Waals surface area contributed by atoms with Crippen LogP contribution in [-0.4, -0.2) is 17.0 Å². The zero-order chi connectivity index (χ0) is 38.5. The highest BCUT2D eigenvalue weighted by atomic mass is 15.1. The Balaban J connectivity index is 1.14. The van der Waals surface area contributed by atoms with Gasteiger partial charge in [-0.15, -0.1) is 0 Å². The normalized spacial score (nSPS) is 16.8. The lowest BCUT2D eigenvalue weighted by Gasteiger charge is -2.31. The van der Waals surface area contributed by atoms with Crippen molar-refractivity contribution in [3.8, 4) is 33.4 Å². The molecule has 1 N–H and O–H groups in total. The Bertz CT molecular complexity index is 2890. The maximum absolute atomic E-state index is 5.53. The Kier molecular flexibility index (Phi) is 8.83. The van der Waals surface area contributed by atoms with Crippen molar-refractivity contribution in [3.05, 3.63) is 195 Å². The zero-order valence-electron chi connectivity index (χ0n) is 32.6. The van der Waals surface area contributed by atoms with E-state index in [0.29, 0.717) is 5.92 Å². The Hall–Kier alpha value is -6.65. The van der Waals surface area contributed by atoms with Gasteiger partial charge in [-0.3, -0.25) is 9.98 Å². The predicted octanol–water partition coefficient (Wildman–Crippen LogP) is 11.1. The van der Waals surface area contributed by atoms with Crippen LogP contribution in [-0.2, 0) is 6.42 Å². The molecule has 4 nitrogen and oxygen atoms in total. The molecule has 276 valence electrons. The number of nitrogens with one attached hydrogen (secondary N) is 1. The second-order valence-corrected chi connectivity index (χ2v) is 15.8. The number of aryl methyl sites for hydroxylation is 2. The van der Waals surface area contributed by atoms with Gasteiger partial charge >= 0.3 is 0 Å². The van der Waals surface area contributed by atoms with E-state index in [1.165, 1.54) is 60.9 Å². The molecular formula is C53H44N4. The molecule has 0 bridgehead atoms. The standard InChI is InChI=1S/C53H44N4/c1-33-27-39-18-11-21-46(50(39)55-32-33)43-24-22-40(28-34(43)2)51-48-31-42(36-13-6-4-7-14-36)30-47(37-15-8-5-9-16-37)52(48)57-53(56-51)41-23-25-44(35(3)29-41)45-20-10-17-38-19-12-26-54-49(38)45/h4-9,11-19,21-26,28-33,51H,10,20,27H2,1-3H3,(H,56,57). The average molecular weight is 737 g/mol. The van der Waals surface area contributed by atoms with Crippen LogP contribution >= 0.6 is 0 Å². The van der Waals surface area contributed by atoms with Gasteiger partial charge in [0.1, 0.15) is 5.84 Å². The van der Waals surface area contributed by atoms with Gasteiger partial charge in [-0.1, -0.05) is 128 Å². The third-order valence-electron chi connectivity index (χ3n) is 11.8. The van der Waals surface area contributed by atoms with Gasteiger partial charge in [0.15, 0.2) is 0 Å². The molecule has 0 saturated carbocycles. The molecule has 6 aromatic carbocycles. The number of para-hydroxylation sites is 1. The van der Waals surface area contributed by atoms with E-state index in [4.69, 9.17) is 15.0 Å². The largest absolute Gasteiger partial charge is 0.359 e. The zero-order valence-corrected chi connectivity index (χ0v) is 32.6. The first-order valence-electron chi connectivity index (χ1n) is 20.2. The van der Waals surface area contributed by atoms with Crippen molar-refractivity contribution in [1.29, 1.82) is 0 Å². The number of fused-ring (bicyclic) bond motifs is 3. The number of aromatic nitrogens is 1. The van der Waals surface area contributed by atoms with E-state index in [9.17, 15) is 0 Å². The minimum absolute atomic E-state index is 0.144. The highest BCUT2D eigenvalue weighted by Gasteiger charge is 2.29. The molecule has 3 heterocycles. The monoisotopic (exact) mass is 736 g/mol. The van der Waals surface area contributed by atoms with Gasteiger partial charge in [0.05, 0.1) is 22.8 Å². The molecule has 1 aliphatic carbocycles. The van der Waals surface area contributed by atoms with Crippen molar-refractivity contribution in [2.75, 3.05) is 0 Å². The van der Waals surface area contributed by atoms with Crippen LogP contribution in [0, 0.1) is 19.8 Å². The van der Waals surface area contributed by atoms with Crippen LogP contribution in [0.25, 0.3) is 45.0 Å². The summed E-state index contributed by atoms with van der Waals surface area (Å²) in [5, 5.41) is 6.30. The Morgan fingerprint density at radius 3 is 2.21 bits per heavy atom. The van der Waals surface area contributed by atoms with Crippen LogP contribution in [0.1, 0.15) is 64.8 Å². The van der Waals surface area contributed by atoms with E-state index in [2.05, 4.69) is 172 Å². The van der Waals surface area contributed by atoms with Gasteiger partial charge in [0.25, 0.3) is 0 Å². The minimum atomic E-state index is -0.144. The number of amidine groups is 1. The lowest BCUT2D eigenvalue weighted by Crippen LogP contribution is -2.33. The van der Waals surface area contributed by atoms with E-state index < -0.39 is 0 Å². The summed E-state index contributed by atoms with van der Waals surface area (Å²) in [6.07, 6.45) is 9.33. The maximum Gasteiger partial charge on any atom is 0.134 e. The summed E-state index contributed by atoms with van der Waals surface area (Å²) in [6.45, 7) is 6.69. The SMILES string of the molecule is Cc1cc(C2=Nc3c(-c4ccccc4)cc(-c4ccccc4)cc3C(c3ccc(-c4cccc5c4N=CC(C)C5)c(C)c3)N2)ccc1C1=c2ncccc2=CCC1. The molecular weight excluding hydrogens is 693 g/mol. The molecule has 7 aromatic rings. The van der Waals surface area contributed by atoms with E-state index in [0.717, 1.165) is 64.1 Å². The van der Waals surface area contributed by atoms with Crippen LogP contribution in [0.3, 0.4) is 0 Å². The first-order valence-corrected chi connectivity index (χ1v) is 20.2. The van der Waals surface area contributed by atoms with Crippen molar-refractivity contribution in [2.24, 2.45) is 15.9 Å². The molecule has 2 atom stereocenters. The topological polar surface area (TPSA) is 49.6 Å². The molecule has 0 radical (unpaired) electrons. The quantitative estimate of drug-likeness (QED) is 0.185. The Labute approximate surface area is 334 Å². The number of benzene rings is 6. The number of hydrogen-bond donors (Lipinski definition) is 1. The summed E-state index contributed by atoms with van der Waals surface area (Å²) in [5.74, 6) is 1.32. The van der Waals surface area contributed by atoms with Gasteiger partial charge in [0, 0.05) is 34.7 Å². The molecule has 0 amide bonds. The molecule has 4 heteroatoms. The van der Waals surface area contributed by atoms with Gasteiger partial charge in [-0.05, 0) is 124 Å². The van der Waals surface area contributed by atoms with Crippen molar-refractivity contribution in [2.45, 2.75) is 46.1 Å². The van der Waals surface area contributed by atoms with E-state index in [-0.39, 0.29) is 6.04 Å². The second kappa shape index (κ2) is 14.5. The molecule has 0 saturated heterocycles. The number of aliphatic imine (C=N–C) groups is 2. The lowest BCUT2D eigenvalue weighted by molar-refractivity contribution is 0.749. The van der Waals surface area contributed by atoms with E-state index in [1.54, 1.807) is 0 Å². The molecule has 2 aliphatic heterocycles. The summed E-state index contributed by atoms with van der Waals surface area (Å²) in [5.41, 5.74) is 18.9. The van der Waals surface area contributed by atoms with Crippen LogP contribution in [0.15, 0.2) is 156 Å². The van der Waals surface area contributed by atoms with Gasteiger partial charge in [-0.2, -0.15) is 0 Å². The van der Waals surface area contributed by atoms with Gasteiger partial charge in [-0.25, -0.2) is 4.99 Å². The minimum Gasteiger partial charge on any atom is -0.359 e. The first-order chi connectivity index (χ1) is 28.0. The van der Waals surface area contributed by atoms with Crippen LogP contribution in [0.4, 0.5) is 11.4 Å². The first kappa shape index (κ1) is 34.8. The number of hydrogen-bond acceptors (Lipinski definition) is 4. The number of rotatable bonds is 6. The molecule has 57 heavy (non-hydrogen) atoms. The fourth-order valence-corrected chi connectivity index (χ4v) is 9.04. The third-order valence-corrected chi connectivity index (χ3v) is 11.8. The van der Waals surface area contributed by atoms with Crippen molar-refractivity contribution in [1.82, 2.24) is 10.3 Å². The summed E-state index contributed by atoms with van der Waals surface area (Å²) < 4.78 is 0. The average Bonchev–Trinajstić information content (AvgIpc) is 3.26. The summed E-state index contributed by atoms with van der Waals surface area (Å²) >= 11 is 0. The molecule has 0 fully saturated rings. The molecule has 1 aromatic heterocycles. The summed E-state index contributed by atoms with van der Waals surface area (Å²) in [6, 6.07) is 50.5. The highest BCUT2D eigenvalue weighted by molar-refractivity contribution is 6.04. The Morgan fingerprint density at radius 1 is 0.614 bits per heavy atom. The second-order valence-electron chi connectivity index (χ2n) is 15.8. The lowest BCUT2D eigenvalue weighted by atomic mass is 9.85. The predicted molar refractivity (Wildman–Crippen MR) is 237 cm³/mol. The fraction of sp³-hybridized carbons (Fsp3) is 0.151. The molecule has 2 unspecified atom stereocenters. The van der Waals surface area contributed by atoms with Gasteiger partial charge in [0.2, 0.25) is 0 Å². The third kappa shape index (κ3) is 6.41. The Morgan fingerprint density at radius 2 is 1.40 bits per heavy atom. The van der Waals surface area contributed by atoms with Crippen molar-refractivity contribution >= 4 is 35.1 Å². The molecule has 10 rings (SSSR count). The van der Waals surface area contributed by atoms with E-state index in [1.807, 2.05) is 12.3 Å². The number of nitrogens with zero attached hydrogens (tertiary/aromatic N) is 3. The maximum atomic E-state index is 5.53. The highest BCUT2D eigenvalue weighted by Crippen LogP contribution is 2.46.